The van der Waals surface area contributed by atoms with Gasteiger partial charge in [-0.15, -0.1) is 0 Å². The molecular formula is C14H15N3O. The van der Waals surface area contributed by atoms with E-state index in [1.54, 1.807) is 0 Å². The van der Waals surface area contributed by atoms with Gasteiger partial charge in [0.05, 0.1) is 12.5 Å². The lowest BCUT2D eigenvalue weighted by molar-refractivity contribution is -0.120. The zero-order valence-electron chi connectivity index (χ0n) is 10.5. The zero-order chi connectivity index (χ0) is 13.1. The molecule has 1 N–H and O–H groups in total. The zero-order valence-corrected chi connectivity index (χ0v) is 10.5. The first-order valence-corrected chi connectivity index (χ1v) is 5.81. The number of nitriles is 1. The van der Waals surface area contributed by atoms with Crippen LogP contribution in [0.2, 0.25) is 0 Å². The van der Waals surface area contributed by atoms with Gasteiger partial charge in [0.25, 0.3) is 0 Å². The highest BCUT2D eigenvalue weighted by Crippen LogP contribution is 2.24. The summed E-state index contributed by atoms with van der Waals surface area (Å²) in [5.74, 6) is -0.115. The number of amides is 1. The first kappa shape index (κ1) is 12.2. The maximum Gasteiger partial charge on any atom is 0.225 e. The molecule has 0 saturated heterocycles. The lowest BCUT2D eigenvalue weighted by Crippen LogP contribution is -2.25. The van der Waals surface area contributed by atoms with Crippen molar-refractivity contribution in [1.29, 1.82) is 5.26 Å². The molecule has 2 aromatic rings. The van der Waals surface area contributed by atoms with Gasteiger partial charge in [0.1, 0.15) is 6.54 Å². The molecule has 1 heterocycles. The van der Waals surface area contributed by atoms with Crippen LogP contribution in [0.15, 0.2) is 24.3 Å². The second-order valence-electron chi connectivity index (χ2n) is 4.25. The van der Waals surface area contributed by atoms with Crippen LogP contribution in [0, 0.1) is 18.3 Å². The van der Waals surface area contributed by atoms with Gasteiger partial charge in [-0.25, -0.2) is 0 Å². The number of benzene rings is 1. The van der Waals surface area contributed by atoms with Crippen LogP contribution in [0.4, 0.5) is 0 Å². The first-order chi connectivity index (χ1) is 8.65. The number of carbonyl (C=O) groups is 1. The molecule has 1 amide bonds. The molecule has 0 unspecified atom stereocenters. The van der Waals surface area contributed by atoms with Gasteiger partial charge in [0.2, 0.25) is 5.91 Å². The third kappa shape index (κ3) is 2.07. The van der Waals surface area contributed by atoms with Crippen molar-refractivity contribution in [2.75, 3.05) is 6.54 Å². The number of nitrogens with zero attached hydrogens (tertiary/aromatic N) is 2. The molecule has 0 spiro atoms. The Kier molecular flexibility index (Phi) is 3.33. The highest BCUT2D eigenvalue weighted by Gasteiger charge is 2.14. The summed E-state index contributed by atoms with van der Waals surface area (Å²) in [6.45, 7) is 2.07. The summed E-state index contributed by atoms with van der Waals surface area (Å²) in [6, 6.07) is 9.93. The molecule has 0 aliphatic heterocycles. The van der Waals surface area contributed by atoms with Crippen LogP contribution in [0.1, 0.15) is 11.3 Å². The molecule has 0 saturated carbocycles. The topological polar surface area (TPSA) is 57.8 Å². The standard InChI is InChI=1S/C14H15N3O/c1-10-12(9-14(18)16-8-7-15)11-5-3-4-6-13(11)17(10)2/h3-6H,8-9H2,1-2H3,(H,16,18). The summed E-state index contributed by atoms with van der Waals surface area (Å²) in [7, 11) is 1.99. The third-order valence-electron chi connectivity index (χ3n) is 3.23. The Bertz CT molecular complexity index is 634. The SMILES string of the molecule is Cc1c(CC(=O)NCC#N)c2ccccc2n1C. The van der Waals surface area contributed by atoms with Crippen molar-refractivity contribution < 1.29 is 4.79 Å². The molecule has 0 aliphatic carbocycles. The minimum atomic E-state index is -0.115. The van der Waals surface area contributed by atoms with Gasteiger partial charge >= 0.3 is 0 Å². The molecule has 0 atom stereocenters. The molecule has 2 rings (SSSR count). The van der Waals surface area contributed by atoms with E-state index >= 15 is 0 Å². The molecule has 4 nitrogen and oxygen atoms in total. The van der Waals surface area contributed by atoms with Gasteiger partial charge in [-0.3, -0.25) is 4.79 Å². The smallest absolute Gasteiger partial charge is 0.225 e. The van der Waals surface area contributed by atoms with Crippen molar-refractivity contribution in [2.45, 2.75) is 13.3 Å². The number of carbonyl (C=O) groups excluding carboxylic acids is 1. The van der Waals surface area contributed by atoms with E-state index in [-0.39, 0.29) is 12.5 Å². The largest absolute Gasteiger partial charge is 0.348 e. The van der Waals surface area contributed by atoms with Crippen LogP contribution in [-0.4, -0.2) is 17.0 Å². The van der Waals surface area contributed by atoms with E-state index in [0.717, 1.165) is 22.2 Å². The van der Waals surface area contributed by atoms with E-state index in [1.807, 2.05) is 44.3 Å². The number of rotatable bonds is 3. The van der Waals surface area contributed by atoms with Gasteiger partial charge in [-0.2, -0.15) is 5.26 Å². The van der Waals surface area contributed by atoms with E-state index in [0.29, 0.717) is 6.42 Å². The van der Waals surface area contributed by atoms with Gasteiger partial charge in [0.15, 0.2) is 0 Å². The van der Waals surface area contributed by atoms with Crippen molar-refractivity contribution in [2.24, 2.45) is 7.05 Å². The normalized spacial score (nSPS) is 10.3. The van der Waals surface area contributed by atoms with E-state index in [2.05, 4.69) is 9.88 Å². The number of aromatic nitrogens is 1. The summed E-state index contributed by atoms with van der Waals surface area (Å²) < 4.78 is 2.09. The lowest BCUT2D eigenvalue weighted by atomic mass is 10.1. The van der Waals surface area contributed by atoms with Crippen molar-refractivity contribution >= 4 is 16.8 Å². The van der Waals surface area contributed by atoms with Crippen molar-refractivity contribution in [3.63, 3.8) is 0 Å². The Labute approximate surface area is 106 Å². The van der Waals surface area contributed by atoms with Crippen LogP contribution in [-0.2, 0) is 18.3 Å². The molecule has 0 fully saturated rings. The summed E-state index contributed by atoms with van der Waals surface area (Å²) in [4.78, 5) is 11.7. The Balaban J connectivity index is 2.36. The second kappa shape index (κ2) is 4.92. The molecule has 4 heteroatoms. The fourth-order valence-electron chi connectivity index (χ4n) is 2.18. The van der Waals surface area contributed by atoms with E-state index in [9.17, 15) is 4.79 Å². The van der Waals surface area contributed by atoms with Crippen LogP contribution >= 0.6 is 0 Å². The Hall–Kier alpha value is -2.28. The van der Waals surface area contributed by atoms with Gasteiger partial charge in [-0.05, 0) is 18.6 Å². The molecule has 0 radical (unpaired) electrons. The maximum absolute atomic E-state index is 11.7. The van der Waals surface area contributed by atoms with E-state index in [1.165, 1.54) is 0 Å². The number of hydrogen-bond donors (Lipinski definition) is 1. The predicted molar refractivity (Wildman–Crippen MR) is 70.0 cm³/mol. The number of nitrogens with one attached hydrogen (secondary N) is 1. The highest BCUT2D eigenvalue weighted by molar-refractivity contribution is 5.90. The van der Waals surface area contributed by atoms with Crippen LogP contribution in [0.25, 0.3) is 10.9 Å². The summed E-state index contributed by atoms with van der Waals surface area (Å²) >= 11 is 0. The molecule has 1 aromatic carbocycles. The average Bonchev–Trinajstić information content (AvgIpc) is 2.62. The quantitative estimate of drug-likeness (QED) is 0.831. The summed E-state index contributed by atoms with van der Waals surface area (Å²) in [5.41, 5.74) is 3.24. The fourth-order valence-corrected chi connectivity index (χ4v) is 2.18. The van der Waals surface area contributed by atoms with Crippen LogP contribution < -0.4 is 5.32 Å². The number of para-hydroxylation sites is 1. The van der Waals surface area contributed by atoms with Crippen LogP contribution in [0.3, 0.4) is 0 Å². The second-order valence-corrected chi connectivity index (χ2v) is 4.25. The molecule has 1 aromatic heterocycles. The Morgan fingerprint density at radius 3 is 2.89 bits per heavy atom. The fraction of sp³-hybridized carbons (Fsp3) is 0.286. The summed E-state index contributed by atoms with van der Waals surface area (Å²) in [5, 5.41) is 12.1. The number of hydrogen-bond acceptors (Lipinski definition) is 2. The van der Waals surface area contributed by atoms with Gasteiger partial charge < -0.3 is 9.88 Å². The van der Waals surface area contributed by atoms with E-state index < -0.39 is 0 Å². The predicted octanol–water partition coefficient (Wildman–Crippen LogP) is 1.67. The van der Waals surface area contributed by atoms with Gasteiger partial charge in [-0.1, -0.05) is 18.2 Å². The summed E-state index contributed by atoms with van der Waals surface area (Å²) in [6.07, 6.45) is 0.314. The lowest BCUT2D eigenvalue weighted by Gasteiger charge is -2.02. The Morgan fingerprint density at radius 1 is 1.44 bits per heavy atom. The molecule has 0 bridgehead atoms. The van der Waals surface area contributed by atoms with Crippen molar-refractivity contribution in [1.82, 2.24) is 9.88 Å². The monoisotopic (exact) mass is 241 g/mol. The van der Waals surface area contributed by atoms with Gasteiger partial charge in [0, 0.05) is 23.6 Å². The molecular weight excluding hydrogens is 226 g/mol. The van der Waals surface area contributed by atoms with Crippen LogP contribution in [0.5, 0.6) is 0 Å². The highest BCUT2D eigenvalue weighted by atomic mass is 16.1. The molecule has 0 aliphatic rings. The first-order valence-electron chi connectivity index (χ1n) is 5.81. The van der Waals surface area contributed by atoms with Crippen molar-refractivity contribution in [3.8, 4) is 6.07 Å². The third-order valence-corrected chi connectivity index (χ3v) is 3.23. The maximum atomic E-state index is 11.7. The molecule has 18 heavy (non-hydrogen) atoms. The minimum absolute atomic E-state index is 0.0582. The number of aryl methyl sites for hydroxylation is 1. The Morgan fingerprint density at radius 2 is 2.17 bits per heavy atom. The van der Waals surface area contributed by atoms with Crippen molar-refractivity contribution in [3.05, 3.63) is 35.5 Å². The number of fused-ring (bicyclic) bond motifs is 1. The average molecular weight is 241 g/mol. The minimum Gasteiger partial charge on any atom is -0.348 e. The van der Waals surface area contributed by atoms with E-state index in [4.69, 9.17) is 5.26 Å². The molecule has 92 valence electrons.